The van der Waals surface area contributed by atoms with Crippen LogP contribution in [0.15, 0.2) is 6.07 Å². The van der Waals surface area contributed by atoms with E-state index in [0.717, 1.165) is 44.8 Å². The minimum atomic E-state index is 0.109. The Hall–Kier alpha value is -2.49. The van der Waals surface area contributed by atoms with Gasteiger partial charge < -0.3 is 19.4 Å². The predicted molar refractivity (Wildman–Crippen MR) is 90.2 cm³/mol. The Balaban J connectivity index is 1.84. The van der Waals surface area contributed by atoms with Gasteiger partial charge in [0.15, 0.2) is 11.6 Å². The first-order valence-electron chi connectivity index (χ1n) is 8.27. The molecule has 0 bridgehead atoms. The van der Waals surface area contributed by atoms with Gasteiger partial charge in [0, 0.05) is 39.3 Å². The molecule has 128 valence electrons. The zero-order valence-corrected chi connectivity index (χ0v) is 14.4. The van der Waals surface area contributed by atoms with Gasteiger partial charge in [-0.2, -0.15) is 5.26 Å². The molecule has 1 aromatic heterocycles. The third-order valence-corrected chi connectivity index (χ3v) is 4.88. The second-order valence-corrected chi connectivity index (χ2v) is 6.40. The number of hydrogen-bond acceptors (Lipinski definition) is 5. The summed E-state index contributed by atoms with van der Waals surface area (Å²) in [5.41, 5.74) is 1.23. The standard InChI is InChI=1S/C17H23N5O2/c1-12-13(10-18)9-15(24-3)16(19-12)21-6-4-5-14(11-21)22-8-7-20(2)17(22)23/h9,14H,4-8,11H2,1-3H3. The van der Waals surface area contributed by atoms with Crippen LogP contribution in [-0.4, -0.2) is 67.2 Å². The molecule has 2 aliphatic rings. The first-order chi connectivity index (χ1) is 11.5. The zero-order valence-electron chi connectivity index (χ0n) is 14.4. The molecule has 0 aromatic carbocycles. The van der Waals surface area contributed by atoms with E-state index in [4.69, 9.17) is 4.74 Å². The number of piperidine rings is 1. The van der Waals surface area contributed by atoms with Gasteiger partial charge in [-0.1, -0.05) is 0 Å². The van der Waals surface area contributed by atoms with E-state index in [1.807, 2.05) is 18.9 Å². The van der Waals surface area contributed by atoms with Crippen LogP contribution in [-0.2, 0) is 0 Å². The summed E-state index contributed by atoms with van der Waals surface area (Å²) in [6, 6.07) is 4.19. The highest BCUT2D eigenvalue weighted by Crippen LogP contribution is 2.31. The third-order valence-electron chi connectivity index (χ3n) is 4.88. The molecular formula is C17H23N5O2. The number of aryl methyl sites for hydroxylation is 1. The van der Waals surface area contributed by atoms with Crippen LogP contribution in [0.2, 0.25) is 0 Å². The Kier molecular flexibility index (Phi) is 4.47. The number of urea groups is 1. The minimum absolute atomic E-state index is 0.109. The molecule has 2 amide bonds. The number of pyridine rings is 1. The number of carbonyl (C=O) groups excluding carboxylic acids is 1. The Bertz CT molecular complexity index is 684. The molecule has 2 fully saturated rings. The largest absolute Gasteiger partial charge is 0.493 e. The van der Waals surface area contributed by atoms with Crippen molar-refractivity contribution in [2.45, 2.75) is 25.8 Å². The van der Waals surface area contributed by atoms with Gasteiger partial charge in [0.2, 0.25) is 0 Å². The number of rotatable bonds is 3. The number of nitrogens with zero attached hydrogens (tertiary/aromatic N) is 5. The van der Waals surface area contributed by atoms with E-state index in [1.54, 1.807) is 18.1 Å². The van der Waals surface area contributed by atoms with Crippen molar-refractivity contribution in [1.29, 1.82) is 5.26 Å². The van der Waals surface area contributed by atoms with Crippen molar-refractivity contribution in [2.24, 2.45) is 0 Å². The van der Waals surface area contributed by atoms with Crippen molar-refractivity contribution in [3.63, 3.8) is 0 Å². The maximum atomic E-state index is 12.3. The summed E-state index contributed by atoms with van der Waals surface area (Å²) in [6.45, 7) is 5.02. The van der Waals surface area contributed by atoms with Gasteiger partial charge >= 0.3 is 6.03 Å². The van der Waals surface area contributed by atoms with E-state index in [2.05, 4.69) is 16.0 Å². The lowest BCUT2D eigenvalue weighted by atomic mass is 10.0. The molecular weight excluding hydrogens is 306 g/mol. The van der Waals surface area contributed by atoms with Crippen molar-refractivity contribution in [3.8, 4) is 11.8 Å². The molecule has 2 saturated heterocycles. The molecule has 1 atom stereocenters. The minimum Gasteiger partial charge on any atom is -0.493 e. The number of anilines is 1. The molecule has 0 radical (unpaired) electrons. The normalized spacial score (nSPS) is 21.2. The molecule has 2 aliphatic heterocycles. The molecule has 0 spiro atoms. The summed E-state index contributed by atoms with van der Waals surface area (Å²) < 4.78 is 5.45. The van der Waals surface area contributed by atoms with Crippen LogP contribution in [0, 0.1) is 18.3 Å². The van der Waals surface area contributed by atoms with Gasteiger partial charge in [-0.15, -0.1) is 0 Å². The lowest BCUT2D eigenvalue weighted by molar-refractivity contribution is 0.175. The summed E-state index contributed by atoms with van der Waals surface area (Å²) in [6.07, 6.45) is 2.01. The topological polar surface area (TPSA) is 72.7 Å². The van der Waals surface area contributed by atoms with Gasteiger partial charge in [0.25, 0.3) is 0 Å². The molecule has 3 rings (SSSR count). The van der Waals surface area contributed by atoms with E-state index in [0.29, 0.717) is 17.0 Å². The molecule has 0 saturated carbocycles. The molecule has 24 heavy (non-hydrogen) atoms. The van der Waals surface area contributed by atoms with Crippen LogP contribution in [0.4, 0.5) is 10.6 Å². The number of nitriles is 1. The van der Waals surface area contributed by atoms with Gasteiger partial charge in [-0.05, 0) is 19.8 Å². The van der Waals surface area contributed by atoms with E-state index in [9.17, 15) is 10.1 Å². The number of carbonyl (C=O) groups is 1. The fraction of sp³-hybridized carbons (Fsp3) is 0.588. The summed E-state index contributed by atoms with van der Waals surface area (Å²) >= 11 is 0. The fourth-order valence-electron chi connectivity index (χ4n) is 3.47. The van der Waals surface area contributed by atoms with Crippen molar-refractivity contribution < 1.29 is 9.53 Å². The van der Waals surface area contributed by atoms with E-state index in [1.165, 1.54) is 0 Å². The van der Waals surface area contributed by atoms with Gasteiger partial charge in [-0.25, -0.2) is 9.78 Å². The molecule has 1 unspecified atom stereocenters. The van der Waals surface area contributed by atoms with Gasteiger partial charge in [-0.3, -0.25) is 0 Å². The molecule has 0 aliphatic carbocycles. The second kappa shape index (κ2) is 6.56. The third kappa shape index (κ3) is 2.84. The average Bonchev–Trinajstić information content (AvgIpc) is 2.94. The number of aromatic nitrogens is 1. The highest BCUT2D eigenvalue weighted by Gasteiger charge is 2.35. The second-order valence-electron chi connectivity index (χ2n) is 6.40. The van der Waals surface area contributed by atoms with Crippen LogP contribution in [0.5, 0.6) is 5.75 Å². The smallest absolute Gasteiger partial charge is 0.320 e. The Morgan fingerprint density at radius 3 is 2.79 bits per heavy atom. The van der Waals surface area contributed by atoms with Gasteiger partial charge in [0.1, 0.15) is 6.07 Å². The number of hydrogen-bond donors (Lipinski definition) is 0. The lowest BCUT2D eigenvalue weighted by Gasteiger charge is -2.38. The Morgan fingerprint density at radius 2 is 2.17 bits per heavy atom. The van der Waals surface area contributed by atoms with Crippen molar-refractivity contribution in [1.82, 2.24) is 14.8 Å². The summed E-state index contributed by atoms with van der Waals surface area (Å²) in [5, 5.41) is 9.17. The quantitative estimate of drug-likeness (QED) is 0.842. The molecule has 7 nitrogen and oxygen atoms in total. The van der Waals surface area contributed by atoms with E-state index >= 15 is 0 Å². The molecule has 0 N–H and O–H groups in total. The van der Waals surface area contributed by atoms with E-state index in [-0.39, 0.29) is 12.1 Å². The first kappa shape index (κ1) is 16.4. The summed E-state index contributed by atoms with van der Waals surface area (Å²) in [7, 11) is 3.44. The van der Waals surface area contributed by atoms with Crippen molar-refractivity contribution in [3.05, 3.63) is 17.3 Å². The van der Waals surface area contributed by atoms with Crippen LogP contribution >= 0.6 is 0 Å². The number of likely N-dealkylation sites (N-methyl/N-ethyl adjacent to an activating group) is 1. The van der Waals surface area contributed by atoms with Crippen LogP contribution < -0.4 is 9.64 Å². The Labute approximate surface area is 142 Å². The van der Waals surface area contributed by atoms with E-state index < -0.39 is 0 Å². The maximum absolute atomic E-state index is 12.3. The van der Waals surface area contributed by atoms with Gasteiger partial charge in [0.05, 0.1) is 24.4 Å². The number of ether oxygens (including phenoxy) is 1. The number of methoxy groups -OCH3 is 1. The summed E-state index contributed by atoms with van der Waals surface area (Å²) in [4.78, 5) is 22.8. The van der Waals surface area contributed by atoms with Crippen LogP contribution in [0.1, 0.15) is 24.1 Å². The first-order valence-corrected chi connectivity index (χ1v) is 8.27. The average molecular weight is 329 g/mol. The van der Waals surface area contributed by atoms with Crippen molar-refractivity contribution in [2.75, 3.05) is 45.2 Å². The van der Waals surface area contributed by atoms with Crippen molar-refractivity contribution >= 4 is 11.8 Å². The summed E-state index contributed by atoms with van der Waals surface area (Å²) in [5.74, 6) is 1.38. The molecule has 3 heterocycles. The Morgan fingerprint density at radius 1 is 1.38 bits per heavy atom. The fourth-order valence-corrected chi connectivity index (χ4v) is 3.47. The molecule has 7 heteroatoms. The molecule has 1 aromatic rings. The van der Waals surface area contributed by atoms with Crippen LogP contribution in [0.3, 0.4) is 0 Å². The van der Waals surface area contributed by atoms with Crippen LogP contribution in [0.25, 0.3) is 0 Å². The SMILES string of the molecule is COc1cc(C#N)c(C)nc1N1CCCC(N2CCN(C)C2=O)C1. The highest BCUT2D eigenvalue weighted by atomic mass is 16.5. The number of amides is 2. The zero-order chi connectivity index (χ0) is 17.3. The maximum Gasteiger partial charge on any atom is 0.320 e. The predicted octanol–water partition coefficient (Wildman–Crippen LogP) is 1.61. The lowest BCUT2D eigenvalue weighted by Crippen LogP contribution is -2.49. The highest BCUT2D eigenvalue weighted by molar-refractivity contribution is 5.76. The monoisotopic (exact) mass is 329 g/mol.